The van der Waals surface area contributed by atoms with Gasteiger partial charge in [0.15, 0.2) is 12.4 Å². The lowest BCUT2D eigenvalue weighted by Crippen LogP contribution is -2.20. The normalized spacial score (nSPS) is 9.74. The predicted octanol–water partition coefficient (Wildman–Crippen LogP) is 2.97. The molecule has 0 aromatic heterocycles. The molecular weight excluding hydrogens is 292 g/mol. The van der Waals surface area contributed by atoms with Crippen LogP contribution in [-0.2, 0) is 11.2 Å². The number of ether oxygens (including phenoxy) is 1. The van der Waals surface area contributed by atoms with E-state index in [0.29, 0.717) is 23.4 Å². The van der Waals surface area contributed by atoms with E-state index in [4.69, 9.17) is 10.00 Å². The van der Waals surface area contributed by atoms with Crippen molar-refractivity contribution in [2.45, 2.75) is 13.3 Å². The lowest BCUT2D eigenvalue weighted by atomic mass is 10.1. The molecule has 0 saturated heterocycles. The molecule has 0 saturated carbocycles. The molecule has 0 fully saturated rings. The summed E-state index contributed by atoms with van der Waals surface area (Å²) in [7, 11) is 0. The van der Waals surface area contributed by atoms with Gasteiger partial charge in [-0.05, 0) is 36.8 Å². The molecule has 5 heteroatoms. The molecule has 0 unspecified atom stereocenters. The third-order valence-electron chi connectivity index (χ3n) is 3.15. The first kappa shape index (κ1) is 16.2. The second kappa shape index (κ2) is 7.76. The van der Waals surface area contributed by atoms with Crippen molar-refractivity contribution in [3.05, 3.63) is 59.7 Å². The van der Waals surface area contributed by atoms with E-state index in [1.54, 1.807) is 48.5 Å². The summed E-state index contributed by atoms with van der Waals surface area (Å²) >= 11 is 0. The van der Waals surface area contributed by atoms with E-state index < -0.39 is 0 Å². The highest BCUT2D eigenvalue weighted by Crippen LogP contribution is 2.18. The third kappa shape index (κ3) is 4.68. The van der Waals surface area contributed by atoms with E-state index in [0.717, 1.165) is 5.56 Å². The van der Waals surface area contributed by atoms with Crippen molar-refractivity contribution in [2.75, 3.05) is 11.9 Å². The van der Waals surface area contributed by atoms with Crippen LogP contribution in [0.1, 0.15) is 22.8 Å². The van der Waals surface area contributed by atoms with Crippen LogP contribution in [0.15, 0.2) is 48.5 Å². The van der Waals surface area contributed by atoms with Crippen LogP contribution < -0.4 is 10.1 Å². The van der Waals surface area contributed by atoms with Gasteiger partial charge >= 0.3 is 0 Å². The number of carbonyl (C=O) groups is 2. The van der Waals surface area contributed by atoms with Crippen molar-refractivity contribution in [3.8, 4) is 11.8 Å². The Bertz CT molecular complexity index is 746. The monoisotopic (exact) mass is 308 g/mol. The number of Topliss-reactive ketones (excluding diaryl/α,β-unsaturated/α-hetero) is 1. The molecule has 2 aromatic rings. The average molecular weight is 308 g/mol. The van der Waals surface area contributed by atoms with Crippen LogP contribution in [0.5, 0.6) is 5.75 Å². The largest absolute Gasteiger partial charge is 0.483 e. The fraction of sp³-hybridized carbons (Fsp3) is 0.167. The first-order valence-electron chi connectivity index (χ1n) is 7.08. The molecule has 116 valence electrons. The quantitative estimate of drug-likeness (QED) is 0.832. The molecule has 0 bridgehead atoms. The number of para-hydroxylation sites is 1. The van der Waals surface area contributed by atoms with Gasteiger partial charge in [-0.25, -0.2) is 0 Å². The average Bonchev–Trinajstić information content (AvgIpc) is 2.55. The number of hydrogen-bond donors (Lipinski definition) is 1. The lowest BCUT2D eigenvalue weighted by molar-refractivity contribution is -0.118. The summed E-state index contributed by atoms with van der Waals surface area (Å²) in [6.45, 7) is 1.26. The van der Waals surface area contributed by atoms with E-state index in [1.165, 1.54) is 6.92 Å². The highest BCUT2D eigenvalue weighted by atomic mass is 16.5. The van der Waals surface area contributed by atoms with Gasteiger partial charge < -0.3 is 10.1 Å². The maximum atomic E-state index is 11.9. The number of carbonyl (C=O) groups excluding carboxylic acids is 2. The summed E-state index contributed by atoms with van der Waals surface area (Å²) in [5.41, 5.74) is 1.96. The van der Waals surface area contributed by atoms with E-state index in [1.807, 2.05) is 0 Å². The van der Waals surface area contributed by atoms with Crippen LogP contribution in [0.4, 0.5) is 5.69 Å². The number of ketones is 1. The van der Waals surface area contributed by atoms with Crippen LogP contribution in [0, 0.1) is 11.3 Å². The fourth-order valence-electron chi connectivity index (χ4n) is 2.02. The summed E-state index contributed by atoms with van der Waals surface area (Å²) in [6, 6.07) is 15.9. The van der Waals surface area contributed by atoms with Gasteiger partial charge in [0.2, 0.25) is 0 Å². The number of rotatable bonds is 6. The number of nitriles is 1. The van der Waals surface area contributed by atoms with Gasteiger partial charge in [-0.15, -0.1) is 0 Å². The Morgan fingerprint density at radius 1 is 1.13 bits per heavy atom. The number of hydrogen-bond acceptors (Lipinski definition) is 4. The number of nitrogens with one attached hydrogen (secondary N) is 1. The zero-order valence-corrected chi connectivity index (χ0v) is 12.7. The minimum atomic E-state index is -0.323. The van der Waals surface area contributed by atoms with Crippen LogP contribution in [0.25, 0.3) is 0 Å². The lowest BCUT2D eigenvalue weighted by Gasteiger charge is -2.10. The molecule has 0 aliphatic carbocycles. The van der Waals surface area contributed by atoms with Crippen LogP contribution >= 0.6 is 0 Å². The molecule has 0 atom stereocenters. The summed E-state index contributed by atoms with van der Waals surface area (Å²) in [5.74, 6) is -0.0509. The Labute approximate surface area is 134 Å². The molecule has 2 aromatic carbocycles. The van der Waals surface area contributed by atoms with E-state index in [-0.39, 0.29) is 18.3 Å². The summed E-state index contributed by atoms with van der Waals surface area (Å²) in [4.78, 5) is 23.4. The van der Waals surface area contributed by atoms with Crippen molar-refractivity contribution in [1.29, 1.82) is 5.26 Å². The Morgan fingerprint density at radius 3 is 2.48 bits per heavy atom. The van der Waals surface area contributed by atoms with E-state index in [2.05, 4.69) is 11.4 Å². The number of benzene rings is 2. The van der Waals surface area contributed by atoms with Gasteiger partial charge in [-0.3, -0.25) is 9.59 Å². The Balaban J connectivity index is 1.93. The Hall–Kier alpha value is -3.13. The maximum Gasteiger partial charge on any atom is 0.262 e. The van der Waals surface area contributed by atoms with Crippen molar-refractivity contribution in [1.82, 2.24) is 0 Å². The summed E-state index contributed by atoms with van der Waals surface area (Å²) < 4.78 is 5.42. The third-order valence-corrected chi connectivity index (χ3v) is 3.15. The van der Waals surface area contributed by atoms with E-state index >= 15 is 0 Å². The molecule has 1 N–H and O–H groups in total. The molecule has 0 spiro atoms. The van der Waals surface area contributed by atoms with Crippen molar-refractivity contribution in [2.24, 2.45) is 0 Å². The first-order chi connectivity index (χ1) is 11.1. The minimum Gasteiger partial charge on any atom is -0.483 e. The standard InChI is InChI=1S/C18H16N2O3/c1-13(21)16-4-2-3-5-17(16)23-12-18(22)20-15-8-6-14(7-9-15)10-11-19/h2-9H,10,12H2,1H3,(H,20,22). The Kier molecular flexibility index (Phi) is 5.48. The van der Waals surface area contributed by atoms with Crippen LogP contribution in [0.2, 0.25) is 0 Å². The molecule has 2 rings (SSSR count). The second-order valence-electron chi connectivity index (χ2n) is 4.92. The summed E-state index contributed by atoms with van der Waals surface area (Å²) in [6.07, 6.45) is 0.333. The smallest absolute Gasteiger partial charge is 0.262 e. The highest BCUT2D eigenvalue weighted by molar-refractivity contribution is 5.97. The van der Waals surface area contributed by atoms with Gasteiger partial charge in [0.05, 0.1) is 18.1 Å². The molecular formula is C18H16N2O3. The fourth-order valence-corrected chi connectivity index (χ4v) is 2.02. The Morgan fingerprint density at radius 2 is 1.83 bits per heavy atom. The first-order valence-corrected chi connectivity index (χ1v) is 7.08. The molecule has 0 aliphatic rings. The minimum absolute atomic E-state index is 0.117. The topological polar surface area (TPSA) is 79.2 Å². The maximum absolute atomic E-state index is 11.9. The molecule has 0 heterocycles. The van der Waals surface area contributed by atoms with Gasteiger partial charge in [0.1, 0.15) is 5.75 Å². The SMILES string of the molecule is CC(=O)c1ccccc1OCC(=O)Nc1ccc(CC#N)cc1. The number of anilines is 1. The van der Waals surface area contributed by atoms with Crippen molar-refractivity contribution in [3.63, 3.8) is 0 Å². The molecule has 0 radical (unpaired) electrons. The molecule has 5 nitrogen and oxygen atoms in total. The van der Waals surface area contributed by atoms with Gasteiger partial charge in [0, 0.05) is 5.69 Å². The van der Waals surface area contributed by atoms with E-state index in [9.17, 15) is 9.59 Å². The van der Waals surface area contributed by atoms with Gasteiger partial charge in [-0.1, -0.05) is 24.3 Å². The highest BCUT2D eigenvalue weighted by Gasteiger charge is 2.09. The zero-order chi connectivity index (χ0) is 16.7. The van der Waals surface area contributed by atoms with Gasteiger partial charge in [0.25, 0.3) is 5.91 Å². The predicted molar refractivity (Wildman–Crippen MR) is 86.3 cm³/mol. The molecule has 23 heavy (non-hydrogen) atoms. The zero-order valence-electron chi connectivity index (χ0n) is 12.7. The molecule has 0 aliphatic heterocycles. The number of amides is 1. The summed E-state index contributed by atoms with van der Waals surface area (Å²) in [5, 5.41) is 11.3. The number of nitrogens with zero attached hydrogens (tertiary/aromatic N) is 1. The van der Waals surface area contributed by atoms with Crippen LogP contribution in [-0.4, -0.2) is 18.3 Å². The van der Waals surface area contributed by atoms with Gasteiger partial charge in [-0.2, -0.15) is 5.26 Å². The van der Waals surface area contributed by atoms with Crippen molar-refractivity contribution < 1.29 is 14.3 Å². The van der Waals surface area contributed by atoms with Crippen LogP contribution in [0.3, 0.4) is 0 Å². The molecule has 1 amide bonds. The second-order valence-corrected chi connectivity index (χ2v) is 4.92. The van der Waals surface area contributed by atoms with Crippen molar-refractivity contribution >= 4 is 17.4 Å².